The summed E-state index contributed by atoms with van der Waals surface area (Å²) in [6.45, 7) is 2.90. The van der Waals surface area contributed by atoms with Gasteiger partial charge >= 0.3 is 0 Å². The van der Waals surface area contributed by atoms with Gasteiger partial charge in [-0.1, -0.05) is 12.5 Å². The Balaban J connectivity index is 1.69. The van der Waals surface area contributed by atoms with Crippen molar-refractivity contribution in [1.82, 2.24) is 19.4 Å². The van der Waals surface area contributed by atoms with Gasteiger partial charge in [0, 0.05) is 32.3 Å². The van der Waals surface area contributed by atoms with Crippen LogP contribution in [0.15, 0.2) is 24.3 Å². The number of hydrogen-bond acceptors (Lipinski definition) is 3. The Hall–Kier alpha value is -2.83. The van der Waals surface area contributed by atoms with Crippen LogP contribution in [0.3, 0.4) is 0 Å². The van der Waals surface area contributed by atoms with Gasteiger partial charge in [-0.25, -0.2) is 18.7 Å². The summed E-state index contributed by atoms with van der Waals surface area (Å²) in [6, 6.07) is 5.42. The van der Waals surface area contributed by atoms with Crippen LogP contribution in [0.25, 0.3) is 11.2 Å². The molecule has 7 heteroatoms. The molecule has 4 rings (SSSR count). The van der Waals surface area contributed by atoms with Crippen molar-refractivity contribution < 1.29 is 13.6 Å². The monoisotopic (exact) mass is 384 g/mol. The van der Waals surface area contributed by atoms with Crippen molar-refractivity contribution in [3.8, 4) is 0 Å². The molecule has 0 radical (unpaired) electrons. The standard InChI is InChI=1S/C21H22F2N4O/c1-13-10-15(19-20(24-13)27-9-5-3-4-6-18(27)25-19)21(28)26(2)12-14-7-8-16(22)17(23)11-14/h7-8,10-11H,3-6,9,12H2,1-2H3. The lowest BCUT2D eigenvalue weighted by Gasteiger charge is -2.18. The number of halogens is 2. The van der Waals surface area contributed by atoms with Crippen LogP contribution < -0.4 is 0 Å². The van der Waals surface area contributed by atoms with E-state index in [9.17, 15) is 13.6 Å². The predicted molar refractivity (Wildman–Crippen MR) is 102 cm³/mol. The maximum Gasteiger partial charge on any atom is 0.256 e. The molecule has 28 heavy (non-hydrogen) atoms. The molecule has 1 aromatic carbocycles. The third-order valence-electron chi connectivity index (χ3n) is 5.17. The molecular weight excluding hydrogens is 362 g/mol. The van der Waals surface area contributed by atoms with E-state index in [2.05, 4.69) is 9.55 Å². The molecule has 0 fully saturated rings. The number of nitrogens with zero attached hydrogens (tertiary/aromatic N) is 4. The van der Waals surface area contributed by atoms with Gasteiger partial charge in [-0.3, -0.25) is 4.79 Å². The van der Waals surface area contributed by atoms with E-state index in [1.165, 1.54) is 17.4 Å². The molecule has 0 N–H and O–H groups in total. The first kappa shape index (κ1) is 18.5. The third-order valence-corrected chi connectivity index (χ3v) is 5.17. The number of carbonyl (C=O) groups is 1. The third kappa shape index (κ3) is 3.37. The highest BCUT2D eigenvalue weighted by Gasteiger charge is 2.23. The molecule has 146 valence electrons. The number of rotatable bonds is 3. The molecule has 1 amide bonds. The van der Waals surface area contributed by atoms with Crippen LogP contribution in [0, 0.1) is 18.6 Å². The summed E-state index contributed by atoms with van der Waals surface area (Å²) in [6.07, 6.45) is 4.21. The Morgan fingerprint density at radius 1 is 1.14 bits per heavy atom. The molecule has 0 saturated heterocycles. The number of fused-ring (bicyclic) bond motifs is 3. The zero-order chi connectivity index (χ0) is 19.8. The molecule has 0 bridgehead atoms. The lowest BCUT2D eigenvalue weighted by molar-refractivity contribution is 0.0786. The number of aromatic nitrogens is 3. The summed E-state index contributed by atoms with van der Waals surface area (Å²) in [5, 5.41) is 0. The SMILES string of the molecule is Cc1cc(C(=O)N(C)Cc2ccc(F)c(F)c2)c2nc3n(c2n1)CCCCC3. The number of hydrogen-bond donors (Lipinski definition) is 0. The van der Waals surface area contributed by atoms with Gasteiger partial charge in [0.2, 0.25) is 0 Å². The summed E-state index contributed by atoms with van der Waals surface area (Å²) in [7, 11) is 1.65. The lowest BCUT2D eigenvalue weighted by Crippen LogP contribution is -2.26. The maximum absolute atomic E-state index is 13.5. The lowest BCUT2D eigenvalue weighted by atomic mass is 10.1. The molecule has 0 unspecified atom stereocenters. The van der Waals surface area contributed by atoms with Crippen LogP contribution in [0.1, 0.15) is 46.7 Å². The van der Waals surface area contributed by atoms with Crippen LogP contribution in [0.5, 0.6) is 0 Å². The first-order chi connectivity index (χ1) is 13.4. The molecule has 0 aliphatic carbocycles. The second-order valence-corrected chi connectivity index (χ2v) is 7.38. The van der Waals surface area contributed by atoms with Gasteiger partial charge in [-0.2, -0.15) is 0 Å². The van der Waals surface area contributed by atoms with E-state index in [0.717, 1.165) is 55.1 Å². The molecule has 1 aliphatic rings. The van der Waals surface area contributed by atoms with Crippen molar-refractivity contribution in [2.75, 3.05) is 7.05 Å². The van der Waals surface area contributed by atoms with E-state index in [-0.39, 0.29) is 12.5 Å². The molecule has 2 aromatic heterocycles. The maximum atomic E-state index is 13.5. The fourth-order valence-corrected chi connectivity index (χ4v) is 3.77. The van der Waals surface area contributed by atoms with Gasteiger partial charge in [-0.15, -0.1) is 0 Å². The number of benzene rings is 1. The Labute approximate surface area is 162 Å². The molecule has 0 spiro atoms. The summed E-state index contributed by atoms with van der Waals surface area (Å²) < 4.78 is 28.8. The van der Waals surface area contributed by atoms with E-state index in [4.69, 9.17) is 4.98 Å². The minimum absolute atomic E-state index is 0.173. The molecule has 0 saturated carbocycles. The highest BCUT2D eigenvalue weighted by molar-refractivity contribution is 6.04. The van der Waals surface area contributed by atoms with Crippen molar-refractivity contribution in [3.05, 3.63) is 58.5 Å². The van der Waals surface area contributed by atoms with Crippen molar-refractivity contribution in [3.63, 3.8) is 0 Å². The van der Waals surface area contributed by atoms with E-state index < -0.39 is 11.6 Å². The number of aryl methyl sites for hydroxylation is 3. The minimum Gasteiger partial charge on any atom is -0.337 e. The van der Waals surface area contributed by atoms with Gasteiger partial charge in [-0.05, 0) is 43.5 Å². The molecule has 1 aliphatic heterocycles. The van der Waals surface area contributed by atoms with E-state index in [1.54, 1.807) is 13.1 Å². The second kappa shape index (κ2) is 7.30. The summed E-state index contributed by atoms with van der Waals surface area (Å²) in [4.78, 5) is 24.0. The summed E-state index contributed by atoms with van der Waals surface area (Å²) in [5.74, 6) is -1.06. The Bertz CT molecular complexity index is 1060. The topological polar surface area (TPSA) is 51.0 Å². The van der Waals surface area contributed by atoms with Crippen molar-refractivity contribution >= 4 is 17.1 Å². The van der Waals surface area contributed by atoms with Gasteiger partial charge < -0.3 is 9.47 Å². The smallest absolute Gasteiger partial charge is 0.256 e. The van der Waals surface area contributed by atoms with Crippen LogP contribution in [-0.4, -0.2) is 32.4 Å². The Kier molecular flexibility index (Phi) is 4.83. The summed E-state index contributed by atoms with van der Waals surface area (Å²) in [5.41, 5.74) is 3.14. The second-order valence-electron chi connectivity index (χ2n) is 7.38. The first-order valence-electron chi connectivity index (χ1n) is 9.50. The molecular formula is C21H22F2N4O. The van der Waals surface area contributed by atoms with Crippen molar-refractivity contribution in [1.29, 1.82) is 0 Å². The normalized spacial score (nSPS) is 14.0. The van der Waals surface area contributed by atoms with Crippen molar-refractivity contribution in [2.24, 2.45) is 0 Å². The largest absolute Gasteiger partial charge is 0.337 e. The highest BCUT2D eigenvalue weighted by Crippen LogP contribution is 2.25. The fourth-order valence-electron chi connectivity index (χ4n) is 3.77. The van der Waals surface area contributed by atoms with Gasteiger partial charge in [0.05, 0.1) is 5.56 Å². The molecule has 5 nitrogen and oxygen atoms in total. The van der Waals surface area contributed by atoms with Gasteiger partial charge in [0.25, 0.3) is 5.91 Å². The quantitative estimate of drug-likeness (QED) is 0.685. The number of amides is 1. The molecule has 0 atom stereocenters. The molecule has 3 heterocycles. The zero-order valence-electron chi connectivity index (χ0n) is 16.0. The average molecular weight is 384 g/mol. The van der Waals surface area contributed by atoms with E-state index >= 15 is 0 Å². The van der Waals surface area contributed by atoms with Crippen LogP contribution in [0.4, 0.5) is 8.78 Å². The number of imidazole rings is 1. The minimum atomic E-state index is -0.918. The highest BCUT2D eigenvalue weighted by atomic mass is 19.2. The first-order valence-corrected chi connectivity index (χ1v) is 9.50. The Morgan fingerprint density at radius 3 is 2.75 bits per heavy atom. The fraction of sp³-hybridized carbons (Fsp3) is 0.381. The van der Waals surface area contributed by atoms with E-state index in [0.29, 0.717) is 16.6 Å². The molecule has 3 aromatic rings. The van der Waals surface area contributed by atoms with Gasteiger partial charge in [0.1, 0.15) is 11.3 Å². The predicted octanol–water partition coefficient (Wildman–Crippen LogP) is 4.02. The zero-order valence-corrected chi connectivity index (χ0v) is 16.0. The van der Waals surface area contributed by atoms with Crippen molar-refractivity contribution in [2.45, 2.75) is 45.7 Å². The Morgan fingerprint density at radius 2 is 1.96 bits per heavy atom. The number of carbonyl (C=O) groups excluding carboxylic acids is 1. The van der Waals surface area contributed by atoms with Gasteiger partial charge in [0.15, 0.2) is 17.3 Å². The summed E-state index contributed by atoms with van der Waals surface area (Å²) >= 11 is 0. The van der Waals surface area contributed by atoms with Crippen LogP contribution in [-0.2, 0) is 19.5 Å². The average Bonchev–Trinajstić information content (AvgIpc) is 2.85. The number of pyridine rings is 1. The van der Waals surface area contributed by atoms with Crippen LogP contribution in [0.2, 0.25) is 0 Å². The van der Waals surface area contributed by atoms with E-state index in [1.807, 2.05) is 6.92 Å². The van der Waals surface area contributed by atoms with Crippen LogP contribution >= 0.6 is 0 Å².